The molecule has 2 N–H and O–H groups in total. The first-order chi connectivity index (χ1) is 13.4. The van der Waals surface area contributed by atoms with Gasteiger partial charge in [-0.15, -0.1) is 11.8 Å². The van der Waals surface area contributed by atoms with Gasteiger partial charge in [0.25, 0.3) is 0 Å². The predicted octanol–water partition coefficient (Wildman–Crippen LogP) is 1.20. The Kier molecular flexibility index (Phi) is 7.80. The number of carbonyl (C=O) groups is 3. The Bertz CT molecular complexity index is 716. The lowest BCUT2D eigenvalue weighted by Gasteiger charge is -2.27. The Morgan fingerprint density at radius 3 is 2.32 bits per heavy atom. The molecule has 154 valence electrons. The van der Waals surface area contributed by atoms with Crippen LogP contribution >= 0.6 is 11.8 Å². The SMILES string of the molecule is CCOC(=O)[C@@H]1CS[C@H](CC(=O)Nc2cc(OC)c(OC)c(OC)c2)C(=O)N1. The van der Waals surface area contributed by atoms with Gasteiger partial charge in [-0.1, -0.05) is 0 Å². The van der Waals surface area contributed by atoms with Gasteiger partial charge in [-0.05, 0) is 6.92 Å². The number of carbonyl (C=O) groups excluding carboxylic acids is 3. The van der Waals surface area contributed by atoms with Crippen LogP contribution < -0.4 is 24.8 Å². The monoisotopic (exact) mass is 412 g/mol. The maximum absolute atomic E-state index is 12.4. The van der Waals surface area contributed by atoms with Crippen LogP contribution in [-0.4, -0.2) is 62.8 Å². The van der Waals surface area contributed by atoms with Crippen molar-refractivity contribution in [1.29, 1.82) is 0 Å². The molecule has 1 aliphatic rings. The summed E-state index contributed by atoms with van der Waals surface area (Å²) in [6, 6.07) is 2.51. The van der Waals surface area contributed by atoms with Crippen LogP contribution in [0.1, 0.15) is 13.3 Å². The Hall–Kier alpha value is -2.62. The molecular formula is C18H24N2O7S. The van der Waals surface area contributed by atoms with Crippen molar-refractivity contribution in [2.45, 2.75) is 24.6 Å². The molecule has 2 atom stereocenters. The zero-order valence-electron chi connectivity index (χ0n) is 16.2. The first kappa shape index (κ1) is 21.7. The molecule has 0 spiro atoms. The largest absolute Gasteiger partial charge is 0.493 e. The molecule has 0 saturated carbocycles. The number of esters is 1. The Morgan fingerprint density at radius 1 is 1.18 bits per heavy atom. The van der Waals surface area contributed by atoms with E-state index in [1.165, 1.54) is 33.1 Å². The van der Waals surface area contributed by atoms with Crippen LogP contribution in [0.3, 0.4) is 0 Å². The van der Waals surface area contributed by atoms with Crippen molar-refractivity contribution in [1.82, 2.24) is 5.32 Å². The molecule has 1 fully saturated rings. The molecule has 1 aromatic carbocycles. The number of methoxy groups -OCH3 is 3. The van der Waals surface area contributed by atoms with Crippen LogP contribution in [0.15, 0.2) is 12.1 Å². The second-order valence-electron chi connectivity index (χ2n) is 5.80. The Labute approximate surface area is 167 Å². The number of rotatable bonds is 8. The number of hydrogen-bond donors (Lipinski definition) is 2. The summed E-state index contributed by atoms with van der Waals surface area (Å²) < 4.78 is 20.7. The summed E-state index contributed by atoms with van der Waals surface area (Å²) >= 11 is 1.25. The van der Waals surface area contributed by atoms with Crippen molar-refractivity contribution >= 4 is 35.2 Å². The van der Waals surface area contributed by atoms with E-state index in [9.17, 15) is 14.4 Å². The highest BCUT2D eigenvalue weighted by Crippen LogP contribution is 2.40. The van der Waals surface area contributed by atoms with Gasteiger partial charge in [-0.25, -0.2) is 4.79 Å². The van der Waals surface area contributed by atoms with Gasteiger partial charge in [0.2, 0.25) is 17.6 Å². The fourth-order valence-electron chi connectivity index (χ4n) is 2.65. The molecule has 0 aliphatic carbocycles. The Balaban J connectivity index is 1.99. The fraction of sp³-hybridized carbons (Fsp3) is 0.500. The number of benzene rings is 1. The molecule has 0 bridgehead atoms. The van der Waals surface area contributed by atoms with Crippen LogP contribution in [-0.2, 0) is 19.1 Å². The number of hydrogen-bond acceptors (Lipinski definition) is 8. The molecule has 2 rings (SSSR count). The molecule has 1 aliphatic heterocycles. The zero-order chi connectivity index (χ0) is 20.7. The van der Waals surface area contributed by atoms with Crippen molar-refractivity contribution in [2.24, 2.45) is 0 Å². The third kappa shape index (κ3) is 5.22. The molecule has 10 heteroatoms. The second-order valence-corrected chi connectivity index (χ2v) is 7.04. The summed E-state index contributed by atoms with van der Waals surface area (Å²) in [7, 11) is 4.44. The van der Waals surface area contributed by atoms with Gasteiger partial charge in [0.05, 0.1) is 33.2 Å². The van der Waals surface area contributed by atoms with Gasteiger partial charge in [0.15, 0.2) is 11.5 Å². The van der Waals surface area contributed by atoms with E-state index in [-0.39, 0.29) is 24.8 Å². The Morgan fingerprint density at radius 2 is 1.82 bits per heavy atom. The summed E-state index contributed by atoms with van der Waals surface area (Å²) in [6.45, 7) is 1.95. The molecular weight excluding hydrogens is 388 g/mol. The van der Waals surface area contributed by atoms with E-state index in [0.717, 1.165) is 0 Å². The summed E-state index contributed by atoms with van der Waals surface area (Å²) in [5.74, 6) is 0.385. The lowest BCUT2D eigenvalue weighted by Crippen LogP contribution is -2.51. The summed E-state index contributed by atoms with van der Waals surface area (Å²) in [4.78, 5) is 36.3. The fourth-order valence-corrected chi connectivity index (χ4v) is 3.78. The summed E-state index contributed by atoms with van der Waals surface area (Å²) in [5, 5.41) is 4.74. The first-order valence-electron chi connectivity index (χ1n) is 8.61. The smallest absolute Gasteiger partial charge is 0.329 e. The highest BCUT2D eigenvalue weighted by atomic mass is 32.2. The molecule has 1 saturated heterocycles. The van der Waals surface area contributed by atoms with Gasteiger partial charge in [0.1, 0.15) is 6.04 Å². The number of ether oxygens (including phenoxy) is 4. The zero-order valence-corrected chi connectivity index (χ0v) is 17.0. The van der Waals surface area contributed by atoms with Gasteiger partial charge in [-0.2, -0.15) is 0 Å². The van der Waals surface area contributed by atoms with Crippen molar-refractivity contribution < 1.29 is 33.3 Å². The van der Waals surface area contributed by atoms with Crippen molar-refractivity contribution in [3.63, 3.8) is 0 Å². The standard InChI is InChI=1S/C18H24N2O7S/c1-5-27-18(23)11-9-28-14(17(22)20-11)8-15(21)19-10-6-12(24-2)16(26-4)13(7-10)25-3/h6-7,11,14H,5,8-9H2,1-4H3,(H,19,21)(H,20,22)/t11-,14+/m0/s1. The highest BCUT2D eigenvalue weighted by Gasteiger charge is 2.34. The van der Waals surface area contributed by atoms with E-state index in [2.05, 4.69) is 10.6 Å². The summed E-state index contributed by atoms with van der Waals surface area (Å²) in [6.07, 6.45) is -0.0390. The second kappa shape index (κ2) is 10.1. The normalized spacial score (nSPS) is 18.6. The van der Waals surface area contributed by atoms with E-state index in [1.807, 2.05) is 0 Å². The predicted molar refractivity (Wildman–Crippen MR) is 104 cm³/mol. The minimum absolute atomic E-state index is 0.0390. The molecule has 1 heterocycles. The molecule has 28 heavy (non-hydrogen) atoms. The van der Waals surface area contributed by atoms with Gasteiger partial charge >= 0.3 is 5.97 Å². The minimum atomic E-state index is -0.688. The van der Waals surface area contributed by atoms with Gasteiger partial charge < -0.3 is 29.6 Å². The van der Waals surface area contributed by atoms with Crippen LogP contribution in [0.2, 0.25) is 0 Å². The van der Waals surface area contributed by atoms with E-state index < -0.39 is 17.3 Å². The average Bonchev–Trinajstić information content (AvgIpc) is 2.68. The lowest BCUT2D eigenvalue weighted by molar-refractivity contribution is -0.146. The average molecular weight is 412 g/mol. The topological polar surface area (TPSA) is 112 Å². The maximum atomic E-state index is 12.4. The number of amides is 2. The van der Waals surface area contributed by atoms with Gasteiger partial charge in [-0.3, -0.25) is 9.59 Å². The highest BCUT2D eigenvalue weighted by molar-refractivity contribution is 8.00. The molecule has 0 aromatic heterocycles. The van der Waals surface area contributed by atoms with Crippen LogP contribution in [0.5, 0.6) is 17.2 Å². The third-order valence-electron chi connectivity index (χ3n) is 3.96. The van der Waals surface area contributed by atoms with Crippen molar-refractivity contribution in [3.05, 3.63) is 12.1 Å². The van der Waals surface area contributed by atoms with E-state index in [1.54, 1.807) is 19.1 Å². The molecule has 0 unspecified atom stereocenters. The number of nitrogens with one attached hydrogen (secondary N) is 2. The number of thioether (sulfide) groups is 1. The van der Waals surface area contributed by atoms with Crippen LogP contribution in [0, 0.1) is 0 Å². The molecule has 9 nitrogen and oxygen atoms in total. The molecule has 2 amide bonds. The van der Waals surface area contributed by atoms with Crippen molar-refractivity contribution in [3.8, 4) is 17.2 Å². The van der Waals surface area contributed by atoms with Crippen LogP contribution in [0.4, 0.5) is 5.69 Å². The minimum Gasteiger partial charge on any atom is -0.493 e. The van der Waals surface area contributed by atoms with E-state index in [0.29, 0.717) is 28.7 Å². The van der Waals surface area contributed by atoms with Crippen molar-refractivity contribution in [2.75, 3.05) is 39.0 Å². The molecule has 1 aromatic rings. The first-order valence-corrected chi connectivity index (χ1v) is 9.66. The quantitative estimate of drug-likeness (QED) is 0.613. The molecule has 0 radical (unpaired) electrons. The summed E-state index contributed by atoms with van der Waals surface area (Å²) in [5.41, 5.74) is 0.449. The van der Waals surface area contributed by atoms with E-state index >= 15 is 0 Å². The number of anilines is 1. The third-order valence-corrected chi connectivity index (χ3v) is 5.27. The van der Waals surface area contributed by atoms with E-state index in [4.69, 9.17) is 18.9 Å². The van der Waals surface area contributed by atoms with Gasteiger partial charge in [0, 0.05) is 30.0 Å². The lowest BCUT2D eigenvalue weighted by atomic mass is 10.2. The van der Waals surface area contributed by atoms with Crippen LogP contribution in [0.25, 0.3) is 0 Å². The maximum Gasteiger partial charge on any atom is 0.329 e.